The normalized spacial score (nSPS) is 12.5. The van der Waals surface area contributed by atoms with E-state index in [0.717, 1.165) is 10.0 Å². The summed E-state index contributed by atoms with van der Waals surface area (Å²) in [4.78, 5) is 11.7. The van der Waals surface area contributed by atoms with Crippen LogP contribution in [0.3, 0.4) is 0 Å². The maximum atomic E-state index is 11.7. The Kier molecular flexibility index (Phi) is 5.46. The lowest BCUT2D eigenvalue weighted by Crippen LogP contribution is -2.22. The molecule has 1 rings (SSSR count). The molecule has 0 saturated heterocycles. The van der Waals surface area contributed by atoms with Gasteiger partial charge in [0.2, 0.25) is 0 Å². The maximum Gasteiger partial charge on any atom is 0.165 e. The number of ether oxygens (including phenoxy) is 1. The fourth-order valence-electron chi connectivity index (χ4n) is 1.34. The van der Waals surface area contributed by atoms with Crippen LogP contribution in [0.1, 0.15) is 19.4 Å². The summed E-state index contributed by atoms with van der Waals surface area (Å²) in [6.45, 7) is 4.18. The van der Waals surface area contributed by atoms with E-state index in [9.17, 15) is 4.79 Å². The van der Waals surface area contributed by atoms with E-state index in [1.165, 1.54) is 0 Å². The predicted molar refractivity (Wildman–Crippen MR) is 69.0 cm³/mol. The second-order valence-corrected chi connectivity index (χ2v) is 4.80. The van der Waals surface area contributed by atoms with E-state index < -0.39 is 0 Å². The lowest BCUT2D eigenvalue weighted by Gasteiger charge is -2.11. The van der Waals surface area contributed by atoms with Gasteiger partial charge in [-0.25, -0.2) is 0 Å². The van der Waals surface area contributed by atoms with Gasteiger partial charge >= 0.3 is 0 Å². The van der Waals surface area contributed by atoms with Gasteiger partial charge in [-0.2, -0.15) is 0 Å². The summed E-state index contributed by atoms with van der Waals surface area (Å²) < 4.78 is 6.15. The molecule has 0 aliphatic carbocycles. The molecule has 2 nitrogen and oxygen atoms in total. The van der Waals surface area contributed by atoms with E-state index in [2.05, 4.69) is 15.9 Å². The van der Waals surface area contributed by atoms with Gasteiger partial charge in [-0.05, 0) is 31.5 Å². The van der Waals surface area contributed by atoms with Crippen molar-refractivity contribution >= 4 is 33.3 Å². The standard InChI is InChI=1S/C12H14BrClO2/c1-3-16-8(2)12(15)6-9-4-5-10(13)7-11(9)14/h4-5,7-8H,3,6H2,1-2H3. The van der Waals surface area contributed by atoms with Crippen molar-refractivity contribution < 1.29 is 9.53 Å². The third-order valence-corrected chi connectivity index (χ3v) is 3.09. The molecule has 0 amide bonds. The number of carbonyl (C=O) groups is 1. The number of ketones is 1. The van der Waals surface area contributed by atoms with Gasteiger partial charge in [0.1, 0.15) is 6.10 Å². The van der Waals surface area contributed by atoms with Crippen LogP contribution in [0.5, 0.6) is 0 Å². The van der Waals surface area contributed by atoms with Gasteiger partial charge in [0.05, 0.1) is 0 Å². The number of rotatable bonds is 5. The van der Waals surface area contributed by atoms with Crippen molar-refractivity contribution in [2.75, 3.05) is 6.61 Å². The zero-order valence-electron chi connectivity index (χ0n) is 9.30. The van der Waals surface area contributed by atoms with Crippen LogP contribution < -0.4 is 0 Å². The molecule has 0 radical (unpaired) electrons. The van der Waals surface area contributed by atoms with E-state index in [1.807, 2.05) is 19.1 Å². The van der Waals surface area contributed by atoms with Crippen LogP contribution in [0.2, 0.25) is 5.02 Å². The number of hydrogen-bond donors (Lipinski definition) is 0. The fourth-order valence-corrected chi connectivity index (χ4v) is 2.08. The molecular formula is C12H14BrClO2. The largest absolute Gasteiger partial charge is 0.371 e. The molecule has 4 heteroatoms. The summed E-state index contributed by atoms with van der Waals surface area (Å²) in [7, 11) is 0. The third-order valence-electron chi connectivity index (χ3n) is 2.25. The van der Waals surface area contributed by atoms with Crippen LogP contribution in [-0.2, 0) is 16.0 Å². The highest BCUT2D eigenvalue weighted by Crippen LogP contribution is 2.22. The first-order valence-corrected chi connectivity index (χ1v) is 6.30. The molecule has 0 saturated carbocycles. The van der Waals surface area contributed by atoms with E-state index in [0.29, 0.717) is 18.1 Å². The van der Waals surface area contributed by atoms with Crippen molar-refractivity contribution in [3.8, 4) is 0 Å². The van der Waals surface area contributed by atoms with E-state index >= 15 is 0 Å². The summed E-state index contributed by atoms with van der Waals surface area (Å²) in [5.74, 6) is 0.0473. The average molecular weight is 306 g/mol. The number of halogens is 2. The van der Waals surface area contributed by atoms with E-state index in [-0.39, 0.29) is 11.9 Å². The van der Waals surface area contributed by atoms with Crippen LogP contribution in [0, 0.1) is 0 Å². The van der Waals surface area contributed by atoms with Crippen LogP contribution in [-0.4, -0.2) is 18.5 Å². The molecule has 0 spiro atoms. The van der Waals surface area contributed by atoms with Crippen molar-refractivity contribution in [3.63, 3.8) is 0 Å². The Morgan fingerprint density at radius 1 is 1.56 bits per heavy atom. The van der Waals surface area contributed by atoms with E-state index in [1.54, 1.807) is 13.0 Å². The Morgan fingerprint density at radius 3 is 2.81 bits per heavy atom. The fraction of sp³-hybridized carbons (Fsp3) is 0.417. The van der Waals surface area contributed by atoms with Gasteiger partial charge in [-0.1, -0.05) is 33.6 Å². The molecule has 0 aliphatic heterocycles. The average Bonchev–Trinajstić information content (AvgIpc) is 2.22. The van der Waals surface area contributed by atoms with Crippen LogP contribution in [0.4, 0.5) is 0 Å². The van der Waals surface area contributed by atoms with Crippen molar-refractivity contribution in [1.82, 2.24) is 0 Å². The minimum atomic E-state index is -0.371. The van der Waals surface area contributed by atoms with Crippen LogP contribution in [0.25, 0.3) is 0 Å². The van der Waals surface area contributed by atoms with Gasteiger partial charge in [-0.3, -0.25) is 4.79 Å². The van der Waals surface area contributed by atoms with Gasteiger partial charge in [0.15, 0.2) is 5.78 Å². The second-order valence-electron chi connectivity index (χ2n) is 3.48. The summed E-state index contributed by atoms with van der Waals surface area (Å²) in [5.41, 5.74) is 0.835. The molecule has 1 aromatic rings. The lowest BCUT2D eigenvalue weighted by atomic mass is 10.1. The number of Topliss-reactive ketones (excluding diaryl/α,β-unsaturated/α-hetero) is 1. The molecule has 1 atom stereocenters. The van der Waals surface area contributed by atoms with Crippen LogP contribution >= 0.6 is 27.5 Å². The zero-order chi connectivity index (χ0) is 12.1. The molecule has 0 aliphatic rings. The van der Waals surface area contributed by atoms with Crippen LogP contribution in [0.15, 0.2) is 22.7 Å². The quantitative estimate of drug-likeness (QED) is 0.830. The molecule has 0 N–H and O–H groups in total. The Hall–Kier alpha value is -0.380. The molecule has 0 heterocycles. The molecule has 0 bridgehead atoms. The van der Waals surface area contributed by atoms with E-state index in [4.69, 9.17) is 16.3 Å². The van der Waals surface area contributed by atoms with Gasteiger partial charge in [0.25, 0.3) is 0 Å². The Morgan fingerprint density at radius 2 is 2.25 bits per heavy atom. The SMILES string of the molecule is CCOC(C)C(=O)Cc1ccc(Br)cc1Cl. The van der Waals surface area contributed by atoms with Crippen molar-refractivity contribution in [1.29, 1.82) is 0 Å². The van der Waals surface area contributed by atoms with Gasteiger partial charge in [0, 0.05) is 22.5 Å². The summed E-state index contributed by atoms with van der Waals surface area (Å²) in [6, 6.07) is 5.51. The summed E-state index contributed by atoms with van der Waals surface area (Å²) in [6.07, 6.45) is -0.0579. The zero-order valence-corrected chi connectivity index (χ0v) is 11.6. The lowest BCUT2D eigenvalue weighted by molar-refractivity contribution is -0.128. The predicted octanol–water partition coefficient (Wildman–Crippen LogP) is 3.64. The van der Waals surface area contributed by atoms with Gasteiger partial charge in [-0.15, -0.1) is 0 Å². The third kappa shape index (κ3) is 3.89. The first-order chi connectivity index (χ1) is 7.54. The minimum Gasteiger partial charge on any atom is -0.371 e. The summed E-state index contributed by atoms with van der Waals surface area (Å²) >= 11 is 9.35. The molecule has 1 aromatic carbocycles. The maximum absolute atomic E-state index is 11.7. The topological polar surface area (TPSA) is 26.3 Å². The monoisotopic (exact) mass is 304 g/mol. The van der Waals surface area contributed by atoms with Crippen molar-refractivity contribution in [2.24, 2.45) is 0 Å². The highest BCUT2D eigenvalue weighted by atomic mass is 79.9. The minimum absolute atomic E-state index is 0.0473. The van der Waals surface area contributed by atoms with Gasteiger partial charge < -0.3 is 4.74 Å². The Bertz CT molecular complexity index is 379. The Labute approximate surface area is 109 Å². The molecule has 0 fully saturated rings. The number of carbonyl (C=O) groups excluding carboxylic acids is 1. The molecule has 16 heavy (non-hydrogen) atoms. The van der Waals surface area contributed by atoms with Crippen molar-refractivity contribution in [2.45, 2.75) is 26.4 Å². The smallest absolute Gasteiger partial charge is 0.165 e. The van der Waals surface area contributed by atoms with Crippen molar-refractivity contribution in [3.05, 3.63) is 33.3 Å². The first-order valence-electron chi connectivity index (χ1n) is 5.12. The molecular weight excluding hydrogens is 291 g/mol. The highest BCUT2D eigenvalue weighted by Gasteiger charge is 2.14. The Balaban J connectivity index is 2.69. The first kappa shape index (κ1) is 13.7. The number of hydrogen-bond acceptors (Lipinski definition) is 2. The molecule has 88 valence electrons. The highest BCUT2D eigenvalue weighted by molar-refractivity contribution is 9.10. The second kappa shape index (κ2) is 6.38. The molecule has 0 aromatic heterocycles. The number of benzene rings is 1. The molecule has 1 unspecified atom stereocenters. The summed E-state index contributed by atoms with van der Waals surface area (Å²) in [5, 5.41) is 0.603.